The summed E-state index contributed by atoms with van der Waals surface area (Å²) in [7, 11) is -3.94. The Morgan fingerprint density at radius 1 is 0.865 bits per heavy atom. The Hall–Kier alpha value is -3.79. The maximum Gasteiger partial charge on any atom is 0.244 e. The van der Waals surface area contributed by atoms with E-state index in [1.54, 1.807) is 6.92 Å². The molecule has 1 N–H and O–H groups in total. The second-order valence-corrected chi connectivity index (χ2v) is 10.4. The summed E-state index contributed by atoms with van der Waals surface area (Å²) in [5.74, 6) is -2.06. The van der Waals surface area contributed by atoms with E-state index < -0.39 is 46.1 Å². The first-order valence-corrected chi connectivity index (χ1v) is 13.5. The van der Waals surface area contributed by atoms with E-state index in [1.807, 2.05) is 30.3 Å². The molecular weight excluding hydrogens is 500 g/mol. The summed E-state index contributed by atoms with van der Waals surface area (Å²) in [6, 6.07) is 18.4. The first-order chi connectivity index (χ1) is 17.6. The van der Waals surface area contributed by atoms with Gasteiger partial charge in [-0.2, -0.15) is 0 Å². The predicted octanol–water partition coefficient (Wildman–Crippen LogP) is 3.51. The van der Waals surface area contributed by atoms with E-state index in [1.165, 1.54) is 41.3 Å². The first-order valence-electron chi connectivity index (χ1n) is 11.7. The van der Waals surface area contributed by atoms with Crippen LogP contribution in [0, 0.1) is 11.6 Å². The van der Waals surface area contributed by atoms with Gasteiger partial charge in [0.25, 0.3) is 0 Å². The van der Waals surface area contributed by atoms with Crippen LogP contribution >= 0.6 is 0 Å². The van der Waals surface area contributed by atoms with Gasteiger partial charge in [-0.25, -0.2) is 17.2 Å². The van der Waals surface area contributed by atoms with Crippen molar-refractivity contribution in [3.63, 3.8) is 0 Å². The van der Waals surface area contributed by atoms with Gasteiger partial charge in [0, 0.05) is 19.5 Å². The summed E-state index contributed by atoms with van der Waals surface area (Å²) in [5.41, 5.74) is 1.47. The second kappa shape index (κ2) is 12.4. The normalized spacial score (nSPS) is 12.0. The highest BCUT2D eigenvalue weighted by atomic mass is 32.2. The molecular formula is C27H29F2N3O4S. The number of anilines is 1. The van der Waals surface area contributed by atoms with Crippen molar-refractivity contribution in [2.45, 2.75) is 25.9 Å². The number of rotatable bonds is 11. The van der Waals surface area contributed by atoms with Crippen LogP contribution in [-0.2, 0) is 32.6 Å². The predicted molar refractivity (Wildman–Crippen MR) is 138 cm³/mol. The fraction of sp³-hybridized carbons (Fsp3) is 0.259. The SMILES string of the molecule is CCNC(=O)[C@H](Cc1ccccc1)N(Cc1ccc(F)cc1)C(=O)CN(c1ccc(F)cc1)S(C)(=O)=O. The van der Waals surface area contributed by atoms with E-state index >= 15 is 0 Å². The summed E-state index contributed by atoms with van der Waals surface area (Å²) in [4.78, 5) is 28.2. The third kappa shape index (κ3) is 7.85. The number of nitrogens with one attached hydrogen (secondary N) is 1. The summed E-state index contributed by atoms with van der Waals surface area (Å²) in [6.45, 7) is 1.41. The summed E-state index contributed by atoms with van der Waals surface area (Å²) < 4.78 is 53.1. The molecule has 0 spiro atoms. The van der Waals surface area contributed by atoms with Gasteiger partial charge < -0.3 is 10.2 Å². The summed E-state index contributed by atoms with van der Waals surface area (Å²) >= 11 is 0. The van der Waals surface area contributed by atoms with Crippen LogP contribution in [0.1, 0.15) is 18.1 Å². The van der Waals surface area contributed by atoms with Crippen molar-refractivity contribution >= 4 is 27.5 Å². The van der Waals surface area contributed by atoms with E-state index in [2.05, 4.69) is 5.32 Å². The van der Waals surface area contributed by atoms with Crippen molar-refractivity contribution in [2.75, 3.05) is 23.7 Å². The number of carbonyl (C=O) groups excluding carboxylic acids is 2. The molecule has 7 nitrogen and oxygen atoms in total. The Bertz CT molecular complexity index is 1300. The lowest BCUT2D eigenvalue weighted by Gasteiger charge is -2.33. The van der Waals surface area contributed by atoms with Gasteiger partial charge in [-0.05, 0) is 54.4 Å². The van der Waals surface area contributed by atoms with Crippen molar-refractivity contribution < 1.29 is 26.8 Å². The van der Waals surface area contributed by atoms with Gasteiger partial charge in [-0.3, -0.25) is 13.9 Å². The molecule has 0 aliphatic carbocycles. The molecule has 3 aromatic carbocycles. The Morgan fingerprint density at radius 2 is 1.43 bits per heavy atom. The molecule has 0 saturated heterocycles. The van der Waals surface area contributed by atoms with Crippen LogP contribution in [0.2, 0.25) is 0 Å². The van der Waals surface area contributed by atoms with Crippen molar-refractivity contribution in [3.8, 4) is 0 Å². The number of hydrogen-bond donors (Lipinski definition) is 1. The molecule has 2 amide bonds. The lowest BCUT2D eigenvalue weighted by atomic mass is 10.0. The van der Waals surface area contributed by atoms with Crippen LogP contribution in [0.4, 0.5) is 14.5 Å². The zero-order valence-electron chi connectivity index (χ0n) is 20.6. The monoisotopic (exact) mass is 529 g/mol. The first kappa shape index (κ1) is 27.8. The molecule has 0 aliphatic rings. The van der Waals surface area contributed by atoms with Crippen molar-refractivity contribution in [3.05, 3.63) is 102 Å². The Balaban J connectivity index is 2.02. The Kier molecular flexibility index (Phi) is 9.35. The standard InChI is InChI=1S/C27H29F2N3O4S/c1-3-30-27(34)25(17-20-7-5-4-6-8-20)31(18-21-9-11-22(28)12-10-21)26(33)19-32(37(2,35)36)24-15-13-23(29)14-16-24/h4-16,25H,3,17-19H2,1-2H3,(H,30,34)/t25-/m0/s1. The molecule has 0 fully saturated rings. The molecule has 10 heteroatoms. The number of hydrogen-bond acceptors (Lipinski definition) is 4. The van der Waals surface area contributed by atoms with Gasteiger partial charge in [-0.1, -0.05) is 42.5 Å². The van der Waals surface area contributed by atoms with Gasteiger partial charge in [0.1, 0.15) is 24.2 Å². The van der Waals surface area contributed by atoms with Crippen LogP contribution in [0.5, 0.6) is 0 Å². The van der Waals surface area contributed by atoms with Crippen LogP contribution in [-0.4, -0.2) is 50.5 Å². The summed E-state index contributed by atoms with van der Waals surface area (Å²) in [5, 5.41) is 2.75. The largest absolute Gasteiger partial charge is 0.355 e. The molecule has 0 unspecified atom stereocenters. The zero-order chi connectivity index (χ0) is 27.0. The van der Waals surface area contributed by atoms with Crippen LogP contribution < -0.4 is 9.62 Å². The third-order valence-corrected chi connectivity index (χ3v) is 6.82. The lowest BCUT2D eigenvalue weighted by Crippen LogP contribution is -2.53. The molecule has 0 radical (unpaired) electrons. The van der Waals surface area contributed by atoms with E-state index in [0.29, 0.717) is 12.1 Å². The fourth-order valence-corrected chi connectivity index (χ4v) is 4.70. The smallest absolute Gasteiger partial charge is 0.244 e. The number of halogens is 2. The van der Waals surface area contributed by atoms with Crippen molar-refractivity contribution in [1.82, 2.24) is 10.2 Å². The maximum absolute atomic E-state index is 13.7. The van der Waals surface area contributed by atoms with Crippen LogP contribution in [0.15, 0.2) is 78.9 Å². The minimum absolute atomic E-state index is 0.0607. The molecule has 0 aliphatic heterocycles. The fourth-order valence-electron chi connectivity index (χ4n) is 3.85. The lowest BCUT2D eigenvalue weighted by molar-refractivity contribution is -0.140. The van der Waals surface area contributed by atoms with Crippen LogP contribution in [0.3, 0.4) is 0 Å². The van der Waals surface area contributed by atoms with Crippen LogP contribution in [0.25, 0.3) is 0 Å². The Labute approximate surface area is 215 Å². The number of nitrogens with zero attached hydrogens (tertiary/aromatic N) is 2. The number of amides is 2. The molecule has 196 valence electrons. The molecule has 0 aromatic heterocycles. The topological polar surface area (TPSA) is 86.8 Å². The highest BCUT2D eigenvalue weighted by Crippen LogP contribution is 2.21. The summed E-state index contributed by atoms with van der Waals surface area (Å²) in [6.07, 6.45) is 1.12. The average molecular weight is 530 g/mol. The molecule has 0 heterocycles. The van der Waals surface area contributed by atoms with Crippen molar-refractivity contribution in [2.24, 2.45) is 0 Å². The molecule has 0 saturated carbocycles. The zero-order valence-corrected chi connectivity index (χ0v) is 21.4. The number of benzene rings is 3. The van der Waals surface area contributed by atoms with Gasteiger partial charge >= 0.3 is 0 Å². The molecule has 37 heavy (non-hydrogen) atoms. The van der Waals surface area contributed by atoms with Gasteiger partial charge in [0.2, 0.25) is 21.8 Å². The molecule has 3 aromatic rings. The number of likely N-dealkylation sites (N-methyl/N-ethyl adjacent to an activating group) is 1. The molecule has 1 atom stereocenters. The minimum atomic E-state index is -3.94. The highest BCUT2D eigenvalue weighted by molar-refractivity contribution is 7.92. The van der Waals surface area contributed by atoms with Gasteiger partial charge in [-0.15, -0.1) is 0 Å². The Morgan fingerprint density at radius 3 is 1.97 bits per heavy atom. The molecule has 3 rings (SSSR count). The highest BCUT2D eigenvalue weighted by Gasteiger charge is 2.32. The minimum Gasteiger partial charge on any atom is -0.355 e. The number of sulfonamides is 1. The van der Waals surface area contributed by atoms with Crippen molar-refractivity contribution in [1.29, 1.82) is 0 Å². The van der Waals surface area contributed by atoms with E-state index in [4.69, 9.17) is 0 Å². The second-order valence-electron chi connectivity index (χ2n) is 8.49. The maximum atomic E-state index is 13.7. The van der Waals surface area contributed by atoms with E-state index in [9.17, 15) is 26.8 Å². The van der Waals surface area contributed by atoms with Gasteiger partial charge in [0.05, 0.1) is 11.9 Å². The van der Waals surface area contributed by atoms with E-state index in [-0.39, 0.29) is 18.7 Å². The van der Waals surface area contributed by atoms with Gasteiger partial charge in [0.15, 0.2) is 0 Å². The molecule has 0 bridgehead atoms. The number of carbonyl (C=O) groups is 2. The average Bonchev–Trinajstić information content (AvgIpc) is 2.86. The third-order valence-electron chi connectivity index (χ3n) is 5.68. The van der Waals surface area contributed by atoms with E-state index in [0.717, 1.165) is 28.3 Å². The quantitative estimate of drug-likeness (QED) is 0.412.